The summed E-state index contributed by atoms with van der Waals surface area (Å²) in [6.07, 6.45) is 1.14. The van der Waals surface area contributed by atoms with Crippen LogP contribution in [-0.2, 0) is 14.3 Å². The van der Waals surface area contributed by atoms with Crippen molar-refractivity contribution in [1.82, 2.24) is 0 Å². The third-order valence-electron chi connectivity index (χ3n) is 3.41. The minimum atomic E-state index is 0.00345. The van der Waals surface area contributed by atoms with Gasteiger partial charge in [0.15, 0.2) is 0 Å². The Morgan fingerprint density at radius 3 is 2.48 bits per heavy atom. The van der Waals surface area contributed by atoms with Gasteiger partial charge in [0.1, 0.15) is 0 Å². The van der Waals surface area contributed by atoms with E-state index in [1.165, 1.54) is 0 Å². The highest BCUT2D eigenvalue weighted by atomic mass is 16.5. The van der Waals surface area contributed by atoms with Gasteiger partial charge in [0.2, 0.25) is 5.91 Å². The molecule has 0 atom stereocenters. The van der Waals surface area contributed by atoms with Gasteiger partial charge in [-0.3, -0.25) is 4.79 Å². The zero-order chi connectivity index (χ0) is 16.3. The molecule has 4 nitrogen and oxygen atoms in total. The van der Waals surface area contributed by atoms with Gasteiger partial charge in [0.25, 0.3) is 0 Å². The fraction of sp³-hybridized carbons (Fsp3) is 0.316. The number of carbonyl (C=O) groups is 1. The summed E-state index contributed by atoms with van der Waals surface area (Å²) in [5.74, 6) is 0.00345. The van der Waals surface area contributed by atoms with Crippen molar-refractivity contribution >= 4 is 11.6 Å². The Morgan fingerprint density at radius 2 is 1.70 bits per heavy atom. The number of anilines is 1. The second kappa shape index (κ2) is 9.77. The smallest absolute Gasteiger partial charge is 0.224 e. The molecule has 0 radical (unpaired) electrons. The zero-order valence-electron chi connectivity index (χ0n) is 13.5. The summed E-state index contributed by atoms with van der Waals surface area (Å²) in [4.78, 5) is 12.1. The first-order chi connectivity index (χ1) is 11.3. The summed E-state index contributed by atoms with van der Waals surface area (Å²) in [5.41, 5.74) is 2.95. The van der Waals surface area contributed by atoms with Gasteiger partial charge in [-0.2, -0.15) is 0 Å². The van der Waals surface area contributed by atoms with Crippen LogP contribution in [0.3, 0.4) is 0 Å². The van der Waals surface area contributed by atoms with E-state index in [2.05, 4.69) is 5.32 Å². The van der Waals surface area contributed by atoms with Crippen molar-refractivity contribution in [3.8, 4) is 11.1 Å². The maximum Gasteiger partial charge on any atom is 0.224 e. The molecule has 4 heteroatoms. The Hall–Kier alpha value is -2.17. The molecule has 0 saturated carbocycles. The number of carbonyl (C=O) groups excluding carboxylic acids is 1. The van der Waals surface area contributed by atoms with Crippen molar-refractivity contribution in [3.05, 3.63) is 54.6 Å². The molecule has 2 rings (SSSR count). The van der Waals surface area contributed by atoms with Crippen molar-refractivity contribution in [1.29, 1.82) is 0 Å². The van der Waals surface area contributed by atoms with E-state index in [1.54, 1.807) is 7.11 Å². The fourth-order valence-corrected chi connectivity index (χ4v) is 2.25. The van der Waals surface area contributed by atoms with Crippen molar-refractivity contribution in [2.45, 2.75) is 12.8 Å². The molecule has 0 aliphatic carbocycles. The molecule has 0 saturated heterocycles. The largest absolute Gasteiger partial charge is 0.382 e. The van der Waals surface area contributed by atoms with Crippen LogP contribution in [0.1, 0.15) is 12.8 Å². The Balaban J connectivity index is 1.87. The Bertz CT molecular complexity index is 599. The van der Waals surface area contributed by atoms with Gasteiger partial charge in [0.05, 0.1) is 13.2 Å². The molecular weight excluding hydrogens is 290 g/mol. The molecule has 0 aliphatic rings. The molecule has 0 heterocycles. The van der Waals surface area contributed by atoms with Crippen LogP contribution >= 0.6 is 0 Å². The molecule has 0 unspecified atom stereocenters. The lowest BCUT2D eigenvalue weighted by molar-refractivity contribution is -0.116. The van der Waals surface area contributed by atoms with Crippen LogP contribution in [0.4, 0.5) is 5.69 Å². The lowest BCUT2D eigenvalue weighted by atomic mass is 10.0. The summed E-state index contributed by atoms with van der Waals surface area (Å²) in [6, 6.07) is 17.9. The third-order valence-corrected chi connectivity index (χ3v) is 3.41. The predicted molar refractivity (Wildman–Crippen MR) is 92.4 cm³/mol. The highest BCUT2D eigenvalue weighted by molar-refractivity contribution is 5.95. The van der Waals surface area contributed by atoms with Gasteiger partial charge in [-0.15, -0.1) is 0 Å². The third kappa shape index (κ3) is 5.85. The van der Waals surface area contributed by atoms with E-state index in [1.807, 2.05) is 54.6 Å². The SMILES string of the molecule is COCCOCCCC(=O)Nc1ccccc1-c1ccccc1. The number of hydrogen-bond acceptors (Lipinski definition) is 3. The van der Waals surface area contributed by atoms with Crippen LogP contribution in [0.5, 0.6) is 0 Å². The number of methoxy groups -OCH3 is 1. The molecule has 1 N–H and O–H groups in total. The number of para-hydroxylation sites is 1. The van der Waals surface area contributed by atoms with Gasteiger partial charge in [0, 0.05) is 31.4 Å². The highest BCUT2D eigenvalue weighted by Gasteiger charge is 2.07. The van der Waals surface area contributed by atoms with Gasteiger partial charge in [-0.25, -0.2) is 0 Å². The van der Waals surface area contributed by atoms with Gasteiger partial charge in [-0.05, 0) is 18.1 Å². The van der Waals surface area contributed by atoms with E-state index in [0.29, 0.717) is 32.7 Å². The average Bonchev–Trinajstić information content (AvgIpc) is 2.59. The standard InChI is InChI=1S/C19H23NO3/c1-22-14-15-23-13-7-12-19(21)20-18-11-6-5-10-17(18)16-8-3-2-4-9-16/h2-6,8-11H,7,12-15H2,1H3,(H,20,21). The fourth-order valence-electron chi connectivity index (χ4n) is 2.25. The van der Waals surface area contributed by atoms with Crippen molar-refractivity contribution < 1.29 is 14.3 Å². The minimum absolute atomic E-state index is 0.00345. The predicted octanol–water partition coefficient (Wildman–Crippen LogP) is 3.74. The molecule has 1 amide bonds. The van der Waals surface area contributed by atoms with E-state index in [-0.39, 0.29) is 5.91 Å². The summed E-state index contributed by atoms with van der Waals surface area (Å²) in [5, 5.41) is 2.99. The number of ether oxygens (including phenoxy) is 2. The van der Waals surface area contributed by atoms with Gasteiger partial charge in [-0.1, -0.05) is 48.5 Å². The Morgan fingerprint density at radius 1 is 0.957 bits per heavy atom. The topological polar surface area (TPSA) is 47.6 Å². The number of rotatable bonds is 9. The molecule has 0 aliphatic heterocycles. The number of hydrogen-bond donors (Lipinski definition) is 1. The minimum Gasteiger partial charge on any atom is -0.382 e. The molecule has 2 aromatic rings. The van der Waals surface area contributed by atoms with Crippen molar-refractivity contribution in [2.24, 2.45) is 0 Å². The van der Waals surface area contributed by atoms with Crippen LogP contribution in [-0.4, -0.2) is 32.8 Å². The molecule has 0 spiro atoms. The first kappa shape index (κ1) is 17.2. The molecule has 122 valence electrons. The van der Waals surface area contributed by atoms with Crippen LogP contribution < -0.4 is 5.32 Å². The van der Waals surface area contributed by atoms with Gasteiger partial charge >= 0.3 is 0 Å². The van der Waals surface area contributed by atoms with Crippen LogP contribution in [0.15, 0.2) is 54.6 Å². The average molecular weight is 313 g/mol. The molecule has 0 bridgehead atoms. The van der Waals surface area contributed by atoms with Crippen molar-refractivity contribution in [3.63, 3.8) is 0 Å². The quantitative estimate of drug-likeness (QED) is 0.718. The van der Waals surface area contributed by atoms with E-state index in [0.717, 1.165) is 16.8 Å². The zero-order valence-corrected chi connectivity index (χ0v) is 13.5. The van der Waals surface area contributed by atoms with E-state index < -0.39 is 0 Å². The lowest BCUT2D eigenvalue weighted by Crippen LogP contribution is -2.13. The van der Waals surface area contributed by atoms with E-state index >= 15 is 0 Å². The Labute approximate surface area is 137 Å². The number of benzene rings is 2. The highest BCUT2D eigenvalue weighted by Crippen LogP contribution is 2.27. The molecule has 2 aromatic carbocycles. The van der Waals surface area contributed by atoms with E-state index in [4.69, 9.17) is 9.47 Å². The normalized spacial score (nSPS) is 10.5. The second-order valence-electron chi connectivity index (χ2n) is 5.17. The second-order valence-corrected chi connectivity index (χ2v) is 5.17. The van der Waals surface area contributed by atoms with Crippen LogP contribution in [0.2, 0.25) is 0 Å². The maximum absolute atomic E-state index is 12.1. The summed E-state index contributed by atoms with van der Waals surface area (Å²) in [7, 11) is 1.64. The monoisotopic (exact) mass is 313 g/mol. The Kier molecular flexibility index (Phi) is 7.30. The van der Waals surface area contributed by atoms with E-state index in [9.17, 15) is 4.79 Å². The van der Waals surface area contributed by atoms with Crippen LogP contribution in [0, 0.1) is 0 Å². The molecule has 0 aromatic heterocycles. The molecular formula is C19H23NO3. The maximum atomic E-state index is 12.1. The van der Waals surface area contributed by atoms with Crippen LogP contribution in [0.25, 0.3) is 11.1 Å². The summed E-state index contributed by atoms with van der Waals surface area (Å²) < 4.78 is 10.3. The molecule has 23 heavy (non-hydrogen) atoms. The number of amides is 1. The number of nitrogens with one attached hydrogen (secondary N) is 1. The first-order valence-corrected chi connectivity index (χ1v) is 7.82. The summed E-state index contributed by atoms with van der Waals surface area (Å²) in [6.45, 7) is 1.71. The van der Waals surface area contributed by atoms with Crippen molar-refractivity contribution in [2.75, 3.05) is 32.2 Å². The molecule has 0 fully saturated rings. The summed E-state index contributed by atoms with van der Waals surface area (Å²) >= 11 is 0. The lowest BCUT2D eigenvalue weighted by Gasteiger charge is -2.11. The van der Waals surface area contributed by atoms with Gasteiger partial charge < -0.3 is 14.8 Å². The first-order valence-electron chi connectivity index (χ1n) is 7.82.